The van der Waals surface area contributed by atoms with Gasteiger partial charge in [-0.2, -0.15) is 0 Å². The molecule has 1 rings (SSSR count). The van der Waals surface area contributed by atoms with Crippen molar-refractivity contribution in [2.75, 3.05) is 30.4 Å². The first-order chi connectivity index (χ1) is 9.66. The Bertz CT molecular complexity index is 466. The van der Waals surface area contributed by atoms with Crippen molar-refractivity contribution in [2.45, 2.75) is 59.5 Å². The highest BCUT2D eigenvalue weighted by atomic mass is 16.3. The van der Waals surface area contributed by atoms with Gasteiger partial charge >= 0.3 is 0 Å². The summed E-state index contributed by atoms with van der Waals surface area (Å²) in [5.74, 6) is 2.67. The van der Waals surface area contributed by atoms with E-state index >= 15 is 0 Å². The third-order valence-corrected chi connectivity index (χ3v) is 3.38. The van der Waals surface area contributed by atoms with E-state index in [0.29, 0.717) is 0 Å². The average molecular weight is 294 g/mol. The van der Waals surface area contributed by atoms with Gasteiger partial charge in [-0.1, -0.05) is 20.8 Å². The average Bonchev–Trinajstić information content (AvgIpc) is 2.37. The zero-order valence-electron chi connectivity index (χ0n) is 14.5. The van der Waals surface area contributed by atoms with E-state index in [-0.39, 0.29) is 11.5 Å². The minimum atomic E-state index is -0.301. The molecule has 2 N–H and O–H groups in total. The lowest BCUT2D eigenvalue weighted by molar-refractivity contribution is 0.187. The second kappa shape index (κ2) is 7.07. The Morgan fingerprint density at radius 3 is 2.38 bits per heavy atom. The second-order valence-electron chi connectivity index (χ2n) is 6.68. The maximum absolute atomic E-state index is 9.47. The van der Waals surface area contributed by atoms with Crippen LogP contribution >= 0.6 is 0 Å². The number of hydrogen-bond acceptors (Lipinski definition) is 5. The first kappa shape index (κ1) is 17.7. The smallest absolute Gasteiger partial charge is 0.138 e. The lowest BCUT2D eigenvalue weighted by Crippen LogP contribution is -2.27. The van der Waals surface area contributed by atoms with Crippen LogP contribution in [0.25, 0.3) is 0 Å². The van der Waals surface area contributed by atoms with Crippen LogP contribution in [0.15, 0.2) is 0 Å². The van der Waals surface area contributed by atoms with Crippen molar-refractivity contribution in [3.63, 3.8) is 0 Å². The van der Waals surface area contributed by atoms with E-state index in [0.717, 1.165) is 42.5 Å². The molecule has 1 atom stereocenters. The molecule has 0 aliphatic carbocycles. The molecule has 1 unspecified atom stereocenters. The zero-order chi connectivity index (χ0) is 16.2. The van der Waals surface area contributed by atoms with Crippen molar-refractivity contribution in [1.82, 2.24) is 9.97 Å². The molecule has 5 nitrogen and oxygen atoms in total. The van der Waals surface area contributed by atoms with E-state index < -0.39 is 0 Å². The molecular weight excluding hydrogens is 264 g/mol. The molecule has 0 aromatic carbocycles. The van der Waals surface area contributed by atoms with Gasteiger partial charge in [0.15, 0.2) is 0 Å². The first-order valence-electron chi connectivity index (χ1n) is 7.69. The Labute approximate surface area is 128 Å². The summed E-state index contributed by atoms with van der Waals surface area (Å²) in [6, 6.07) is 0. The molecular formula is C16H30N4O. The van der Waals surface area contributed by atoms with Crippen LogP contribution < -0.4 is 10.2 Å². The molecule has 0 saturated carbocycles. The second-order valence-corrected chi connectivity index (χ2v) is 6.68. The van der Waals surface area contributed by atoms with E-state index in [1.54, 1.807) is 0 Å². The number of anilines is 2. The minimum Gasteiger partial charge on any atom is -0.393 e. The molecule has 120 valence electrons. The largest absolute Gasteiger partial charge is 0.393 e. The number of aromatic nitrogens is 2. The number of aliphatic hydroxyl groups is 1. The van der Waals surface area contributed by atoms with Crippen LogP contribution in [-0.4, -0.2) is 41.3 Å². The minimum absolute atomic E-state index is 0.0995. The summed E-state index contributed by atoms with van der Waals surface area (Å²) >= 11 is 0. The van der Waals surface area contributed by atoms with Crippen molar-refractivity contribution >= 4 is 11.6 Å². The molecule has 0 radical (unpaired) electrons. The molecule has 1 aromatic rings. The van der Waals surface area contributed by atoms with Gasteiger partial charge in [0.1, 0.15) is 17.5 Å². The van der Waals surface area contributed by atoms with Gasteiger partial charge in [0.25, 0.3) is 0 Å². The van der Waals surface area contributed by atoms with Crippen LogP contribution in [0, 0.1) is 6.92 Å². The summed E-state index contributed by atoms with van der Waals surface area (Å²) < 4.78 is 0. The van der Waals surface area contributed by atoms with Gasteiger partial charge in [0, 0.05) is 31.1 Å². The molecule has 0 spiro atoms. The van der Waals surface area contributed by atoms with E-state index in [9.17, 15) is 5.11 Å². The van der Waals surface area contributed by atoms with Gasteiger partial charge in [-0.15, -0.1) is 0 Å². The van der Waals surface area contributed by atoms with Crippen LogP contribution in [0.3, 0.4) is 0 Å². The standard InChI is InChI=1S/C16H30N4O/c1-8-17-13-12(3)14(20(7)10-9-11(2)21)19-15(18-13)16(4,5)6/h11,21H,8-10H2,1-7H3,(H,17,18,19). The molecule has 0 aliphatic rings. The van der Waals surface area contributed by atoms with Crippen molar-refractivity contribution in [3.05, 3.63) is 11.4 Å². The SMILES string of the molecule is CCNc1nc(C(C)(C)C)nc(N(C)CCC(C)O)c1C. The highest BCUT2D eigenvalue weighted by Crippen LogP contribution is 2.28. The predicted octanol–water partition coefficient (Wildman–Crippen LogP) is 2.72. The third-order valence-electron chi connectivity index (χ3n) is 3.38. The molecule has 0 fully saturated rings. The Hall–Kier alpha value is -1.36. The lowest BCUT2D eigenvalue weighted by Gasteiger charge is -2.26. The van der Waals surface area contributed by atoms with Crippen LogP contribution in [0.2, 0.25) is 0 Å². The quantitative estimate of drug-likeness (QED) is 0.844. The molecule has 21 heavy (non-hydrogen) atoms. The highest BCUT2D eigenvalue weighted by molar-refractivity contribution is 5.58. The Morgan fingerprint density at radius 2 is 1.90 bits per heavy atom. The van der Waals surface area contributed by atoms with Crippen molar-refractivity contribution < 1.29 is 5.11 Å². The van der Waals surface area contributed by atoms with Crippen molar-refractivity contribution in [1.29, 1.82) is 0 Å². The number of nitrogens with zero attached hydrogens (tertiary/aromatic N) is 3. The third kappa shape index (κ3) is 4.84. The molecule has 0 amide bonds. The topological polar surface area (TPSA) is 61.3 Å². The predicted molar refractivity (Wildman–Crippen MR) is 89.2 cm³/mol. The maximum Gasteiger partial charge on any atom is 0.138 e. The fourth-order valence-electron chi connectivity index (χ4n) is 2.04. The normalized spacial score (nSPS) is 13.1. The molecule has 5 heteroatoms. The molecule has 0 aliphatic heterocycles. The van der Waals surface area contributed by atoms with Crippen LogP contribution in [-0.2, 0) is 5.41 Å². The monoisotopic (exact) mass is 294 g/mol. The molecule has 1 heterocycles. The molecule has 0 saturated heterocycles. The Kier molecular flexibility index (Phi) is 5.96. The zero-order valence-corrected chi connectivity index (χ0v) is 14.5. The summed E-state index contributed by atoms with van der Waals surface area (Å²) in [5, 5.41) is 12.8. The first-order valence-corrected chi connectivity index (χ1v) is 7.69. The van der Waals surface area contributed by atoms with E-state index in [1.807, 2.05) is 20.9 Å². The Balaban J connectivity index is 3.19. The van der Waals surface area contributed by atoms with Crippen LogP contribution in [0.5, 0.6) is 0 Å². The van der Waals surface area contributed by atoms with Crippen LogP contribution in [0.4, 0.5) is 11.6 Å². The van der Waals surface area contributed by atoms with E-state index in [4.69, 9.17) is 4.98 Å². The summed E-state index contributed by atoms with van der Waals surface area (Å²) in [7, 11) is 2.01. The van der Waals surface area contributed by atoms with Gasteiger partial charge in [-0.05, 0) is 27.2 Å². The summed E-state index contributed by atoms with van der Waals surface area (Å²) in [6.45, 7) is 13.9. The number of aliphatic hydroxyl groups excluding tert-OH is 1. The van der Waals surface area contributed by atoms with E-state index in [2.05, 4.69) is 42.9 Å². The van der Waals surface area contributed by atoms with Crippen molar-refractivity contribution in [3.8, 4) is 0 Å². The highest BCUT2D eigenvalue weighted by Gasteiger charge is 2.22. The van der Waals surface area contributed by atoms with Gasteiger partial charge in [-0.3, -0.25) is 0 Å². The summed E-state index contributed by atoms with van der Waals surface area (Å²) in [6.07, 6.45) is 0.423. The van der Waals surface area contributed by atoms with Crippen molar-refractivity contribution in [2.24, 2.45) is 0 Å². The van der Waals surface area contributed by atoms with Crippen LogP contribution in [0.1, 0.15) is 52.4 Å². The Morgan fingerprint density at radius 1 is 1.29 bits per heavy atom. The van der Waals surface area contributed by atoms with Gasteiger partial charge in [0.05, 0.1) is 6.10 Å². The van der Waals surface area contributed by atoms with Gasteiger partial charge < -0.3 is 15.3 Å². The lowest BCUT2D eigenvalue weighted by atomic mass is 9.95. The molecule has 1 aromatic heterocycles. The van der Waals surface area contributed by atoms with E-state index in [1.165, 1.54) is 0 Å². The van der Waals surface area contributed by atoms with Gasteiger partial charge in [-0.25, -0.2) is 9.97 Å². The number of rotatable bonds is 6. The number of nitrogens with one attached hydrogen (secondary N) is 1. The summed E-state index contributed by atoms with van der Waals surface area (Å²) in [5.41, 5.74) is 0.954. The fourth-order valence-corrected chi connectivity index (χ4v) is 2.04. The molecule has 0 bridgehead atoms. The van der Waals surface area contributed by atoms with Gasteiger partial charge in [0.2, 0.25) is 0 Å². The number of hydrogen-bond donors (Lipinski definition) is 2. The maximum atomic E-state index is 9.47. The summed E-state index contributed by atoms with van der Waals surface area (Å²) in [4.78, 5) is 11.5. The fraction of sp³-hybridized carbons (Fsp3) is 0.750.